The summed E-state index contributed by atoms with van der Waals surface area (Å²) in [5.74, 6) is -0.208. The molecule has 0 aromatic heterocycles. The van der Waals surface area contributed by atoms with E-state index in [9.17, 15) is 14.7 Å². The average Bonchev–Trinajstić information content (AvgIpc) is 2.45. The fourth-order valence-electron chi connectivity index (χ4n) is 2.07. The van der Waals surface area contributed by atoms with Gasteiger partial charge in [0, 0.05) is 18.9 Å². The van der Waals surface area contributed by atoms with Crippen molar-refractivity contribution in [3.05, 3.63) is 29.3 Å². The average molecular weight is 309 g/mol. The standard InChI is InChI=1S/C16H23NO5/c1-10(2)22-16(20)14(17-11(3)19)8-12-5-6-15(21-4)13(7-12)9-18/h5-7,10,14,18H,8-9H2,1-4H3,(H,17,19)/t14-/m0/s1. The summed E-state index contributed by atoms with van der Waals surface area (Å²) in [6.45, 7) is 4.68. The largest absolute Gasteiger partial charge is 0.496 e. The second-order valence-electron chi connectivity index (χ2n) is 5.25. The number of esters is 1. The van der Waals surface area contributed by atoms with Crippen LogP contribution in [0.5, 0.6) is 5.75 Å². The van der Waals surface area contributed by atoms with Gasteiger partial charge in [0.1, 0.15) is 11.8 Å². The molecule has 1 rings (SSSR count). The smallest absolute Gasteiger partial charge is 0.329 e. The number of hydrogen-bond acceptors (Lipinski definition) is 5. The number of aliphatic hydroxyl groups excluding tert-OH is 1. The number of aliphatic hydroxyl groups is 1. The zero-order valence-corrected chi connectivity index (χ0v) is 13.4. The molecule has 0 spiro atoms. The van der Waals surface area contributed by atoms with Gasteiger partial charge in [0.05, 0.1) is 19.8 Å². The lowest BCUT2D eigenvalue weighted by Gasteiger charge is -2.19. The Labute approximate surface area is 130 Å². The van der Waals surface area contributed by atoms with Crippen LogP contribution in [0.2, 0.25) is 0 Å². The molecule has 2 N–H and O–H groups in total. The Balaban J connectivity index is 2.93. The molecule has 1 amide bonds. The first-order chi connectivity index (χ1) is 10.4. The minimum atomic E-state index is -0.764. The zero-order chi connectivity index (χ0) is 16.7. The van der Waals surface area contributed by atoms with Crippen LogP contribution in [0.1, 0.15) is 31.9 Å². The highest BCUT2D eigenvalue weighted by Crippen LogP contribution is 2.20. The third kappa shape index (κ3) is 5.37. The van der Waals surface area contributed by atoms with E-state index < -0.39 is 12.0 Å². The van der Waals surface area contributed by atoms with E-state index in [1.165, 1.54) is 14.0 Å². The summed E-state index contributed by atoms with van der Waals surface area (Å²) in [6, 6.07) is 4.49. The Morgan fingerprint density at radius 1 is 1.32 bits per heavy atom. The fraction of sp³-hybridized carbons (Fsp3) is 0.500. The van der Waals surface area contributed by atoms with Gasteiger partial charge in [-0.25, -0.2) is 4.79 Å². The molecule has 6 nitrogen and oxygen atoms in total. The Kier molecular flexibility index (Phi) is 6.85. The van der Waals surface area contributed by atoms with Gasteiger partial charge in [-0.3, -0.25) is 4.79 Å². The molecular weight excluding hydrogens is 286 g/mol. The van der Waals surface area contributed by atoms with E-state index >= 15 is 0 Å². The van der Waals surface area contributed by atoms with Gasteiger partial charge in [-0.1, -0.05) is 6.07 Å². The van der Waals surface area contributed by atoms with Crippen molar-refractivity contribution >= 4 is 11.9 Å². The highest BCUT2D eigenvalue weighted by atomic mass is 16.5. The molecular formula is C16H23NO5. The van der Waals surface area contributed by atoms with Gasteiger partial charge in [0.2, 0.25) is 5.91 Å². The lowest BCUT2D eigenvalue weighted by molar-refractivity contribution is -0.151. The number of nitrogens with one attached hydrogen (secondary N) is 1. The van der Waals surface area contributed by atoms with E-state index in [-0.39, 0.29) is 25.0 Å². The lowest BCUT2D eigenvalue weighted by Crippen LogP contribution is -2.43. The number of rotatable bonds is 7. The van der Waals surface area contributed by atoms with Gasteiger partial charge >= 0.3 is 5.97 Å². The first kappa shape index (κ1) is 18.0. The van der Waals surface area contributed by atoms with Crippen LogP contribution < -0.4 is 10.1 Å². The normalized spacial score (nSPS) is 11.9. The van der Waals surface area contributed by atoms with Crippen LogP contribution in [-0.4, -0.2) is 36.2 Å². The zero-order valence-electron chi connectivity index (χ0n) is 13.4. The van der Waals surface area contributed by atoms with Gasteiger partial charge in [0.25, 0.3) is 0 Å². The third-order valence-electron chi connectivity index (χ3n) is 2.97. The van der Waals surface area contributed by atoms with Crippen molar-refractivity contribution in [2.45, 2.75) is 45.9 Å². The first-order valence-electron chi connectivity index (χ1n) is 7.11. The molecule has 1 aromatic carbocycles. The quantitative estimate of drug-likeness (QED) is 0.739. The maximum Gasteiger partial charge on any atom is 0.329 e. The topological polar surface area (TPSA) is 84.9 Å². The van der Waals surface area contributed by atoms with Gasteiger partial charge in [-0.15, -0.1) is 0 Å². The number of hydrogen-bond donors (Lipinski definition) is 2. The second-order valence-corrected chi connectivity index (χ2v) is 5.25. The molecule has 1 atom stereocenters. The molecule has 1 aromatic rings. The van der Waals surface area contributed by atoms with Crippen molar-refractivity contribution in [2.75, 3.05) is 7.11 Å². The van der Waals surface area contributed by atoms with Crippen molar-refractivity contribution in [3.8, 4) is 5.75 Å². The number of methoxy groups -OCH3 is 1. The lowest BCUT2D eigenvalue weighted by atomic mass is 10.0. The van der Waals surface area contributed by atoms with Crippen LogP contribution in [0, 0.1) is 0 Å². The van der Waals surface area contributed by atoms with Gasteiger partial charge in [0.15, 0.2) is 0 Å². The van der Waals surface area contributed by atoms with E-state index in [1.807, 2.05) is 0 Å². The molecule has 122 valence electrons. The molecule has 0 aliphatic rings. The molecule has 0 heterocycles. The van der Waals surface area contributed by atoms with Crippen LogP contribution >= 0.6 is 0 Å². The summed E-state index contributed by atoms with van der Waals surface area (Å²) in [5.41, 5.74) is 1.42. The minimum Gasteiger partial charge on any atom is -0.496 e. The van der Waals surface area contributed by atoms with Gasteiger partial charge < -0.3 is 19.9 Å². The van der Waals surface area contributed by atoms with Crippen molar-refractivity contribution in [1.82, 2.24) is 5.32 Å². The third-order valence-corrected chi connectivity index (χ3v) is 2.97. The second kappa shape index (κ2) is 8.38. The van der Waals surface area contributed by atoms with E-state index in [4.69, 9.17) is 9.47 Å². The van der Waals surface area contributed by atoms with Crippen molar-refractivity contribution in [2.24, 2.45) is 0 Å². The maximum absolute atomic E-state index is 12.1. The summed E-state index contributed by atoms with van der Waals surface area (Å²) in [4.78, 5) is 23.3. The SMILES string of the molecule is COc1ccc(C[C@H](NC(C)=O)C(=O)OC(C)C)cc1CO. The van der Waals surface area contributed by atoms with Crippen LogP contribution in [0.15, 0.2) is 18.2 Å². The Bertz CT molecular complexity index is 527. The molecule has 6 heteroatoms. The number of carbonyl (C=O) groups excluding carboxylic acids is 2. The van der Waals surface area contributed by atoms with E-state index in [0.717, 1.165) is 5.56 Å². The molecule has 0 aliphatic carbocycles. The fourth-order valence-corrected chi connectivity index (χ4v) is 2.07. The number of amides is 1. The summed E-state index contributed by atoms with van der Waals surface area (Å²) in [6.07, 6.45) is 0.0231. The molecule has 0 unspecified atom stereocenters. The molecule has 0 saturated carbocycles. The van der Waals surface area contributed by atoms with Crippen LogP contribution in [0.3, 0.4) is 0 Å². The number of ether oxygens (including phenoxy) is 2. The molecule has 0 bridgehead atoms. The summed E-state index contributed by atoms with van der Waals surface area (Å²) in [7, 11) is 1.52. The van der Waals surface area contributed by atoms with Crippen molar-refractivity contribution in [1.29, 1.82) is 0 Å². The molecule has 0 aliphatic heterocycles. The summed E-state index contributed by atoms with van der Waals surface area (Å²) < 4.78 is 10.3. The van der Waals surface area contributed by atoms with E-state index in [0.29, 0.717) is 11.3 Å². The molecule has 0 saturated heterocycles. The van der Waals surface area contributed by atoms with E-state index in [1.54, 1.807) is 32.0 Å². The van der Waals surface area contributed by atoms with Crippen molar-refractivity contribution < 1.29 is 24.2 Å². The van der Waals surface area contributed by atoms with Gasteiger partial charge in [-0.2, -0.15) is 0 Å². The van der Waals surface area contributed by atoms with Crippen molar-refractivity contribution in [3.63, 3.8) is 0 Å². The van der Waals surface area contributed by atoms with Crippen LogP contribution in [0.25, 0.3) is 0 Å². The highest BCUT2D eigenvalue weighted by molar-refractivity contribution is 5.83. The predicted molar refractivity (Wildman–Crippen MR) is 81.5 cm³/mol. The highest BCUT2D eigenvalue weighted by Gasteiger charge is 2.22. The monoisotopic (exact) mass is 309 g/mol. The molecule has 0 fully saturated rings. The first-order valence-corrected chi connectivity index (χ1v) is 7.11. The summed E-state index contributed by atoms with van der Waals surface area (Å²) in [5, 5.41) is 11.9. The van der Waals surface area contributed by atoms with Gasteiger partial charge in [-0.05, 0) is 31.5 Å². The number of carbonyl (C=O) groups is 2. The predicted octanol–water partition coefficient (Wildman–Crippen LogP) is 1.19. The maximum atomic E-state index is 12.1. The Hall–Kier alpha value is -2.08. The van der Waals surface area contributed by atoms with Crippen LogP contribution in [-0.2, 0) is 27.4 Å². The minimum absolute atomic E-state index is 0.168. The molecule has 0 radical (unpaired) electrons. The summed E-state index contributed by atoms with van der Waals surface area (Å²) >= 11 is 0. The van der Waals surface area contributed by atoms with E-state index in [2.05, 4.69) is 5.32 Å². The Morgan fingerprint density at radius 2 is 2.00 bits per heavy atom. The molecule has 22 heavy (non-hydrogen) atoms. The Morgan fingerprint density at radius 3 is 2.50 bits per heavy atom. The van der Waals surface area contributed by atoms with Crippen LogP contribution in [0.4, 0.5) is 0 Å². The number of benzene rings is 1.